The first-order valence-corrected chi connectivity index (χ1v) is 8.51. The normalized spacial score (nSPS) is 11.4. The highest BCUT2D eigenvalue weighted by Crippen LogP contribution is 2.27. The maximum absolute atomic E-state index is 11.6. The zero-order valence-corrected chi connectivity index (χ0v) is 13.2. The van der Waals surface area contributed by atoms with Crippen LogP contribution in [0.15, 0.2) is 47.4 Å². The minimum absolute atomic E-state index is 0.254. The Morgan fingerprint density at radius 1 is 1.14 bits per heavy atom. The molecule has 0 aliphatic carbocycles. The third kappa shape index (κ3) is 4.06. The van der Waals surface area contributed by atoms with Gasteiger partial charge in [-0.05, 0) is 49.4 Å². The quantitative estimate of drug-likeness (QED) is 0.923. The van der Waals surface area contributed by atoms with E-state index < -0.39 is 9.84 Å². The van der Waals surface area contributed by atoms with Crippen LogP contribution in [0.3, 0.4) is 0 Å². The van der Waals surface area contributed by atoms with Crippen LogP contribution >= 0.6 is 0 Å². The van der Waals surface area contributed by atoms with E-state index in [0.717, 1.165) is 23.4 Å². The van der Waals surface area contributed by atoms with Crippen molar-refractivity contribution in [2.45, 2.75) is 18.4 Å². The lowest BCUT2D eigenvalue weighted by Gasteiger charge is -2.11. The molecule has 21 heavy (non-hydrogen) atoms. The van der Waals surface area contributed by atoms with E-state index in [9.17, 15) is 8.42 Å². The Hall–Kier alpha value is -1.85. The van der Waals surface area contributed by atoms with E-state index in [0.29, 0.717) is 5.75 Å². The summed E-state index contributed by atoms with van der Waals surface area (Å²) in [5.41, 5.74) is 2.11. The summed E-state index contributed by atoms with van der Waals surface area (Å²) in [7, 11) is -1.35. The number of hydrogen-bond donors (Lipinski definition) is 1. The van der Waals surface area contributed by atoms with Crippen molar-refractivity contribution in [2.24, 2.45) is 0 Å². The summed E-state index contributed by atoms with van der Waals surface area (Å²) in [5, 5.41) is 3.09. The average Bonchev–Trinajstić information content (AvgIpc) is 2.42. The standard InChI is InChI=1S/C16H19NO3S/c1-12-7-8-13(11-17-2)9-16(12)20-14-5-4-6-15(10-14)21(3,18)19/h4-10,17H,11H2,1-3H3. The van der Waals surface area contributed by atoms with Crippen LogP contribution in [0, 0.1) is 6.92 Å². The van der Waals surface area contributed by atoms with Gasteiger partial charge in [0.25, 0.3) is 0 Å². The monoisotopic (exact) mass is 305 g/mol. The number of sulfone groups is 1. The first kappa shape index (κ1) is 15.5. The zero-order chi connectivity index (χ0) is 15.5. The molecule has 5 heteroatoms. The van der Waals surface area contributed by atoms with Crippen molar-refractivity contribution in [2.75, 3.05) is 13.3 Å². The second-order valence-electron chi connectivity index (χ2n) is 4.98. The molecule has 2 aromatic rings. The van der Waals surface area contributed by atoms with Crippen molar-refractivity contribution < 1.29 is 13.2 Å². The summed E-state index contributed by atoms with van der Waals surface area (Å²) in [6.07, 6.45) is 1.19. The van der Waals surface area contributed by atoms with Gasteiger partial charge in [-0.1, -0.05) is 18.2 Å². The van der Waals surface area contributed by atoms with Crippen molar-refractivity contribution in [1.82, 2.24) is 5.32 Å². The summed E-state index contributed by atoms with van der Waals surface area (Å²) in [5.74, 6) is 1.25. The number of aryl methyl sites for hydroxylation is 1. The van der Waals surface area contributed by atoms with Crippen LogP contribution in [-0.2, 0) is 16.4 Å². The molecule has 0 spiro atoms. The molecular formula is C16H19NO3S. The van der Waals surface area contributed by atoms with Gasteiger partial charge in [-0.2, -0.15) is 0 Å². The topological polar surface area (TPSA) is 55.4 Å². The van der Waals surface area contributed by atoms with Crippen molar-refractivity contribution >= 4 is 9.84 Å². The molecule has 0 amide bonds. The van der Waals surface area contributed by atoms with Crippen LogP contribution in [0.5, 0.6) is 11.5 Å². The molecule has 0 heterocycles. The summed E-state index contributed by atoms with van der Waals surface area (Å²) in [6.45, 7) is 2.71. The van der Waals surface area contributed by atoms with Gasteiger partial charge in [0, 0.05) is 12.8 Å². The van der Waals surface area contributed by atoms with Gasteiger partial charge in [0.15, 0.2) is 9.84 Å². The molecule has 0 aromatic heterocycles. The summed E-state index contributed by atoms with van der Waals surface area (Å²) >= 11 is 0. The molecule has 0 fully saturated rings. The third-order valence-corrected chi connectivity index (χ3v) is 4.21. The van der Waals surface area contributed by atoms with Crippen LogP contribution in [0.25, 0.3) is 0 Å². The molecule has 112 valence electrons. The molecule has 0 saturated heterocycles. The Bertz CT molecular complexity index is 739. The highest BCUT2D eigenvalue weighted by atomic mass is 32.2. The van der Waals surface area contributed by atoms with Gasteiger partial charge in [0.2, 0.25) is 0 Å². The van der Waals surface area contributed by atoms with Gasteiger partial charge >= 0.3 is 0 Å². The fourth-order valence-corrected chi connectivity index (χ4v) is 2.62. The number of ether oxygens (including phenoxy) is 1. The number of benzene rings is 2. The fraction of sp³-hybridized carbons (Fsp3) is 0.250. The highest BCUT2D eigenvalue weighted by Gasteiger charge is 2.09. The molecule has 0 aliphatic rings. The molecular weight excluding hydrogens is 286 g/mol. The molecule has 0 aliphatic heterocycles. The van der Waals surface area contributed by atoms with Crippen LogP contribution in [0.4, 0.5) is 0 Å². The fourth-order valence-electron chi connectivity index (χ4n) is 1.96. The highest BCUT2D eigenvalue weighted by molar-refractivity contribution is 7.90. The maximum Gasteiger partial charge on any atom is 0.175 e. The molecule has 2 rings (SSSR count). The molecule has 0 atom stereocenters. The Morgan fingerprint density at radius 3 is 2.57 bits per heavy atom. The zero-order valence-electron chi connectivity index (χ0n) is 12.4. The Kier molecular flexibility index (Phi) is 4.65. The Labute approximate surface area is 125 Å². The van der Waals surface area contributed by atoms with E-state index in [1.807, 2.05) is 32.2 Å². The SMILES string of the molecule is CNCc1ccc(C)c(Oc2cccc(S(C)(=O)=O)c2)c1. The van der Waals surface area contributed by atoms with Gasteiger partial charge < -0.3 is 10.1 Å². The van der Waals surface area contributed by atoms with Gasteiger partial charge in [0.1, 0.15) is 11.5 Å². The van der Waals surface area contributed by atoms with Gasteiger partial charge in [-0.25, -0.2) is 8.42 Å². The van der Waals surface area contributed by atoms with Crippen LogP contribution in [0.1, 0.15) is 11.1 Å². The largest absolute Gasteiger partial charge is 0.457 e. The van der Waals surface area contributed by atoms with E-state index in [2.05, 4.69) is 5.32 Å². The second-order valence-corrected chi connectivity index (χ2v) is 7.00. The molecule has 0 bridgehead atoms. The minimum Gasteiger partial charge on any atom is -0.457 e. The van der Waals surface area contributed by atoms with Crippen molar-refractivity contribution in [1.29, 1.82) is 0 Å². The average molecular weight is 305 g/mol. The van der Waals surface area contributed by atoms with Crippen molar-refractivity contribution in [3.05, 3.63) is 53.6 Å². The molecule has 0 unspecified atom stereocenters. The van der Waals surface area contributed by atoms with Crippen LogP contribution < -0.4 is 10.1 Å². The lowest BCUT2D eigenvalue weighted by molar-refractivity contribution is 0.476. The summed E-state index contributed by atoms with van der Waals surface area (Å²) in [6, 6.07) is 12.5. The number of hydrogen-bond acceptors (Lipinski definition) is 4. The van der Waals surface area contributed by atoms with Crippen LogP contribution in [-0.4, -0.2) is 21.7 Å². The number of nitrogens with one attached hydrogen (secondary N) is 1. The Morgan fingerprint density at radius 2 is 1.90 bits per heavy atom. The molecule has 0 saturated carbocycles. The molecule has 0 radical (unpaired) electrons. The van der Waals surface area contributed by atoms with E-state index in [1.54, 1.807) is 24.3 Å². The number of rotatable bonds is 5. The molecule has 1 N–H and O–H groups in total. The van der Waals surface area contributed by atoms with Crippen molar-refractivity contribution in [3.8, 4) is 11.5 Å². The Balaban J connectivity index is 2.32. The maximum atomic E-state index is 11.6. The van der Waals surface area contributed by atoms with Gasteiger partial charge in [0.05, 0.1) is 4.90 Å². The second kappa shape index (κ2) is 6.28. The van der Waals surface area contributed by atoms with E-state index in [-0.39, 0.29) is 4.90 Å². The minimum atomic E-state index is -3.23. The van der Waals surface area contributed by atoms with Crippen molar-refractivity contribution in [3.63, 3.8) is 0 Å². The molecule has 4 nitrogen and oxygen atoms in total. The smallest absolute Gasteiger partial charge is 0.175 e. The summed E-state index contributed by atoms with van der Waals surface area (Å²) in [4.78, 5) is 0.254. The third-order valence-electron chi connectivity index (χ3n) is 3.09. The van der Waals surface area contributed by atoms with E-state index in [1.165, 1.54) is 6.26 Å². The lowest BCUT2D eigenvalue weighted by atomic mass is 10.1. The first-order valence-electron chi connectivity index (χ1n) is 6.62. The first-order chi connectivity index (χ1) is 9.90. The van der Waals surface area contributed by atoms with Gasteiger partial charge in [-0.3, -0.25) is 0 Å². The predicted octanol–water partition coefficient (Wildman–Crippen LogP) is 2.91. The van der Waals surface area contributed by atoms with E-state index >= 15 is 0 Å². The van der Waals surface area contributed by atoms with E-state index in [4.69, 9.17) is 4.74 Å². The summed E-state index contributed by atoms with van der Waals surface area (Å²) < 4.78 is 29.0. The van der Waals surface area contributed by atoms with Crippen LogP contribution in [0.2, 0.25) is 0 Å². The lowest BCUT2D eigenvalue weighted by Crippen LogP contribution is -2.05. The molecule has 2 aromatic carbocycles. The predicted molar refractivity (Wildman–Crippen MR) is 83.6 cm³/mol. The van der Waals surface area contributed by atoms with Gasteiger partial charge in [-0.15, -0.1) is 0 Å².